The molecule has 1 rings (SSSR count). The molecular formula is C9H10NO4+. The Bertz CT molecular complexity index is 336. The standard InChI is InChI=1S/C9H10NO4/c1-7(14-10(12)13)9(11)8-5-3-2-4-6-8/h2-7H,1H3,(H,12,13)/q+1. The van der Waals surface area contributed by atoms with Gasteiger partial charge in [0, 0.05) is 5.56 Å². The molecule has 1 N–H and O–H groups in total. The maximum atomic E-state index is 11.5. The molecule has 0 saturated carbocycles. The van der Waals surface area contributed by atoms with Gasteiger partial charge < -0.3 is 0 Å². The van der Waals surface area contributed by atoms with Crippen LogP contribution in [0.15, 0.2) is 30.3 Å². The first kappa shape index (κ1) is 10.2. The average Bonchev–Trinajstić information content (AvgIpc) is 2.17. The second-order valence-corrected chi connectivity index (χ2v) is 2.72. The van der Waals surface area contributed by atoms with E-state index in [-0.39, 0.29) is 5.78 Å². The van der Waals surface area contributed by atoms with E-state index in [9.17, 15) is 9.70 Å². The fourth-order valence-corrected chi connectivity index (χ4v) is 1.02. The van der Waals surface area contributed by atoms with Crippen molar-refractivity contribution in [3.8, 4) is 0 Å². The zero-order chi connectivity index (χ0) is 10.6. The zero-order valence-corrected chi connectivity index (χ0v) is 7.58. The number of nitrogens with zero attached hydrogens (tertiary/aromatic N) is 1. The predicted molar refractivity (Wildman–Crippen MR) is 46.7 cm³/mol. The van der Waals surface area contributed by atoms with Crippen molar-refractivity contribution in [3.05, 3.63) is 40.8 Å². The zero-order valence-electron chi connectivity index (χ0n) is 7.58. The van der Waals surface area contributed by atoms with Gasteiger partial charge in [-0.15, -0.1) is 0 Å². The van der Waals surface area contributed by atoms with Crippen LogP contribution in [-0.2, 0) is 4.84 Å². The van der Waals surface area contributed by atoms with Gasteiger partial charge in [0.2, 0.25) is 11.9 Å². The average molecular weight is 196 g/mol. The van der Waals surface area contributed by atoms with Crippen molar-refractivity contribution in [3.63, 3.8) is 0 Å². The van der Waals surface area contributed by atoms with Crippen LogP contribution in [0.5, 0.6) is 0 Å². The van der Waals surface area contributed by atoms with Crippen LogP contribution in [0.4, 0.5) is 0 Å². The number of rotatable bonds is 4. The Morgan fingerprint density at radius 1 is 1.43 bits per heavy atom. The van der Waals surface area contributed by atoms with Gasteiger partial charge in [-0.05, 0) is 6.92 Å². The SMILES string of the molecule is CC(O[N+](=O)O)C(=O)c1ccccc1. The summed E-state index contributed by atoms with van der Waals surface area (Å²) in [6, 6.07) is 8.39. The van der Waals surface area contributed by atoms with E-state index in [1.807, 2.05) is 0 Å². The smallest absolute Gasteiger partial charge is 0.290 e. The number of hydrogen-bond donors (Lipinski definition) is 1. The maximum Gasteiger partial charge on any atom is 0.475 e. The molecule has 0 saturated heterocycles. The molecule has 0 amide bonds. The minimum absolute atomic E-state index is 0.361. The van der Waals surface area contributed by atoms with Crippen molar-refractivity contribution >= 4 is 5.78 Å². The van der Waals surface area contributed by atoms with Gasteiger partial charge in [0.15, 0.2) is 0 Å². The summed E-state index contributed by atoms with van der Waals surface area (Å²) in [7, 11) is 0. The molecule has 74 valence electrons. The van der Waals surface area contributed by atoms with Gasteiger partial charge in [0.05, 0.1) is 0 Å². The Morgan fingerprint density at radius 3 is 2.50 bits per heavy atom. The summed E-state index contributed by atoms with van der Waals surface area (Å²) in [4.78, 5) is 25.8. The van der Waals surface area contributed by atoms with Crippen LogP contribution in [-0.4, -0.2) is 22.2 Å². The summed E-state index contributed by atoms with van der Waals surface area (Å²) < 4.78 is 0. The van der Waals surface area contributed by atoms with E-state index >= 15 is 0 Å². The molecule has 0 fully saturated rings. The highest BCUT2D eigenvalue weighted by Crippen LogP contribution is 2.05. The highest BCUT2D eigenvalue weighted by Gasteiger charge is 2.23. The normalized spacial score (nSPS) is 11.8. The van der Waals surface area contributed by atoms with Gasteiger partial charge in [-0.25, -0.2) is 5.21 Å². The molecule has 0 spiro atoms. The Kier molecular flexibility index (Phi) is 3.17. The fraction of sp³-hybridized carbons (Fsp3) is 0.222. The van der Waals surface area contributed by atoms with Crippen LogP contribution in [0.25, 0.3) is 0 Å². The van der Waals surface area contributed by atoms with E-state index in [1.54, 1.807) is 30.3 Å². The third-order valence-electron chi connectivity index (χ3n) is 1.68. The van der Waals surface area contributed by atoms with Crippen molar-refractivity contribution in [2.75, 3.05) is 0 Å². The van der Waals surface area contributed by atoms with Gasteiger partial charge in [0.25, 0.3) is 0 Å². The molecule has 0 bridgehead atoms. The molecule has 0 aliphatic rings. The highest BCUT2D eigenvalue weighted by atomic mass is 17.0. The molecule has 0 heterocycles. The first-order chi connectivity index (χ1) is 6.61. The number of carbonyl (C=O) groups is 1. The van der Waals surface area contributed by atoms with Crippen LogP contribution in [0.1, 0.15) is 17.3 Å². The lowest BCUT2D eigenvalue weighted by atomic mass is 10.1. The van der Waals surface area contributed by atoms with E-state index in [1.165, 1.54) is 6.92 Å². The van der Waals surface area contributed by atoms with E-state index in [4.69, 9.17) is 5.21 Å². The summed E-state index contributed by atoms with van der Waals surface area (Å²) in [5.74, 6) is -0.361. The summed E-state index contributed by atoms with van der Waals surface area (Å²) >= 11 is 0. The molecule has 5 nitrogen and oxygen atoms in total. The third kappa shape index (κ3) is 2.55. The molecular weight excluding hydrogens is 186 g/mol. The van der Waals surface area contributed by atoms with Crippen molar-refractivity contribution < 1.29 is 19.9 Å². The Morgan fingerprint density at radius 2 is 2.00 bits per heavy atom. The quantitative estimate of drug-likeness (QED) is 0.583. The van der Waals surface area contributed by atoms with Crippen LogP contribution in [0, 0.1) is 4.91 Å². The molecule has 5 heteroatoms. The topological polar surface area (TPSA) is 66.6 Å². The Balaban J connectivity index is 2.71. The van der Waals surface area contributed by atoms with Gasteiger partial charge in [-0.2, -0.15) is 4.84 Å². The van der Waals surface area contributed by atoms with Gasteiger partial charge in [-0.3, -0.25) is 4.79 Å². The first-order valence-corrected chi connectivity index (χ1v) is 4.03. The number of ketones is 1. The Hall–Kier alpha value is -1.91. The molecule has 0 aliphatic carbocycles. The van der Waals surface area contributed by atoms with Gasteiger partial charge in [-0.1, -0.05) is 30.3 Å². The lowest BCUT2D eigenvalue weighted by Crippen LogP contribution is -2.24. The molecule has 0 radical (unpaired) electrons. The van der Waals surface area contributed by atoms with Crippen LogP contribution in [0.2, 0.25) is 0 Å². The molecule has 1 atom stereocenters. The molecule has 1 aromatic carbocycles. The van der Waals surface area contributed by atoms with Crippen LogP contribution >= 0.6 is 0 Å². The fourth-order valence-electron chi connectivity index (χ4n) is 1.02. The van der Waals surface area contributed by atoms with E-state index in [0.717, 1.165) is 0 Å². The molecule has 0 aromatic heterocycles. The predicted octanol–water partition coefficient (Wildman–Crippen LogP) is 1.36. The number of hydrogen-bond acceptors (Lipinski definition) is 3. The second kappa shape index (κ2) is 4.36. The van der Waals surface area contributed by atoms with Crippen LogP contribution < -0.4 is 0 Å². The van der Waals surface area contributed by atoms with E-state index < -0.39 is 11.2 Å². The summed E-state index contributed by atoms with van der Waals surface area (Å²) in [6.45, 7) is 1.39. The van der Waals surface area contributed by atoms with Gasteiger partial charge >= 0.3 is 5.09 Å². The number of benzene rings is 1. The minimum atomic E-state index is -1.00. The minimum Gasteiger partial charge on any atom is -0.290 e. The van der Waals surface area contributed by atoms with E-state index in [2.05, 4.69) is 4.84 Å². The van der Waals surface area contributed by atoms with Crippen molar-refractivity contribution in [1.82, 2.24) is 0 Å². The summed E-state index contributed by atoms with van der Waals surface area (Å²) in [6.07, 6.45) is -1.00. The van der Waals surface area contributed by atoms with Gasteiger partial charge in [0.1, 0.15) is 4.91 Å². The molecule has 0 aliphatic heterocycles. The second-order valence-electron chi connectivity index (χ2n) is 2.72. The van der Waals surface area contributed by atoms with Crippen molar-refractivity contribution in [2.45, 2.75) is 13.0 Å². The highest BCUT2D eigenvalue weighted by molar-refractivity contribution is 5.99. The molecule has 14 heavy (non-hydrogen) atoms. The van der Waals surface area contributed by atoms with Crippen molar-refractivity contribution in [2.24, 2.45) is 0 Å². The first-order valence-electron chi connectivity index (χ1n) is 4.03. The number of carbonyl (C=O) groups excluding carboxylic acids is 1. The lowest BCUT2D eigenvalue weighted by molar-refractivity contribution is -0.978. The third-order valence-corrected chi connectivity index (χ3v) is 1.68. The molecule has 1 aromatic rings. The monoisotopic (exact) mass is 196 g/mol. The lowest BCUT2D eigenvalue weighted by Gasteiger charge is -2.02. The van der Waals surface area contributed by atoms with Crippen LogP contribution in [0.3, 0.4) is 0 Å². The summed E-state index contributed by atoms with van der Waals surface area (Å²) in [5, 5.41) is 7.51. The molecule has 1 unspecified atom stereocenters. The maximum absolute atomic E-state index is 11.5. The van der Waals surface area contributed by atoms with E-state index in [0.29, 0.717) is 5.56 Å². The van der Waals surface area contributed by atoms with Crippen molar-refractivity contribution in [1.29, 1.82) is 0 Å². The number of Topliss-reactive ketones (excluding diaryl/α,β-unsaturated/α-hetero) is 1. The largest absolute Gasteiger partial charge is 0.475 e. The summed E-state index contributed by atoms with van der Waals surface area (Å²) in [5.41, 5.74) is 0.432. The Labute approximate surface area is 80.4 Å².